The second-order valence-electron chi connectivity index (χ2n) is 10.2. The number of nitrogens with one attached hydrogen (secondary N) is 4. The second-order valence-corrected chi connectivity index (χ2v) is 10.2. The molecule has 15 nitrogen and oxygen atoms in total. The number of para-hydroxylation sites is 1. The number of hydrogen-bond acceptors (Lipinski definition) is 8. The number of aromatic hydroxyl groups is 1. The molecule has 0 radical (unpaired) electrons. The summed E-state index contributed by atoms with van der Waals surface area (Å²) in [5.74, 6) is -6.60. The van der Waals surface area contributed by atoms with Crippen molar-refractivity contribution < 1.29 is 44.1 Å². The molecule has 234 valence electrons. The average molecular weight is 611 g/mol. The third-order valence-corrected chi connectivity index (χ3v) is 6.77. The average Bonchev–Trinajstić information content (AvgIpc) is 3.37. The van der Waals surface area contributed by atoms with Crippen molar-refractivity contribution in [3.63, 3.8) is 0 Å². The monoisotopic (exact) mass is 610 g/mol. The highest BCUT2D eigenvalue weighted by molar-refractivity contribution is 5.96. The van der Waals surface area contributed by atoms with Gasteiger partial charge in [0.15, 0.2) is 0 Å². The molecule has 3 rings (SSSR count). The molecule has 15 heteroatoms. The molecule has 44 heavy (non-hydrogen) atoms. The maximum atomic E-state index is 13.2. The van der Waals surface area contributed by atoms with Gasteiger partial charge in [0.25, 0.3) is 0 Å². The minimum atomic E-state index is -1.74. The number of phenolic OH excluding ortho intramolecular Hbond substituents is 1. The van der Waals surface area contributed by atoms with Gasteiger partial charge in [0.05, 0.1) is 12.5 Å². The number of fused-ring (bicyclic) bond motifs is 1. The SMILES string of the molecule is NC(=O)CCC(NC(=O)C(N)Cc1c[nH]c2ccccc12)C(=O)NC(CC(=O)O)C(=O)NC(Cc1ccc(O)cc1)C(=O)O. The molecule has 0 bridgehead atoms. The van der Waals surface area contributed by atoms with Crippen LogP contribution in [0.25, 0.3) is 10.9 Å². The maximum absolute atomic E-state index is 13.2. The van der Waals surface area contributed by atoms with Crippen LogP contribution in [0.3, 0.4) is 0 Å². The molecular formula is C29H34N6O9. The molecule has 2 aromatic carbocycles. The molecule has 1 aromatic heterocycles. The number of nitrogens with two attached hydrogens (primary N) is 2. The van der Waals surface area contributed by atoms with Gasteiger partial charge in [-0.3, -0.25) is 24.0 Å². The number of primary amides is 1. The fourth-order valence-corrected chi connectivity index (χ4v) is 4.46. The molecule has 0 saturated carbocycles. The molecule has 3 aromatic rings. The summed E-state index contributed by atoms with van der Waals surface area (Å²) in [6, 6.07) is 7.12. The number of rotatable bonds is 16. The number of aliphatic carboxylic acids is 2. The van der Waals surface area contributed by atoms with Gasteiger partial charge in [-0.25, -0.2) is 4.79 Å². The van der Waals surface area contributed by atoms with Gasteiger partial charge in [0.2, 0.25) is 23.6 Å². The van der Waals surface area contributed by atoms with Gasteiger partial charge >= 0.3 is 11.9 Å². The molecule has 11 N–H and O–H groups in total. The van der Waals surface area contributed by atoms with Gasteiger partial charge in [-0.15, -0.1) is 0 Å². The van der Waals surface area contributed by atoms with E-state index in [0.717, 1.165) is 16.5 Å². The van der Waals surface area contributed by atoms with E-state index in [1.165, 1.54) is 24.3 Å². The number of benzene rings is 2. The number of amides is 4. The number of aromatic amines is 1. The maximum Gasteiger partial charge on any atom is 0.326 e. The molecule has 4 atom stereocenters. The largest absolute Gasteiger partial charge is 0.508 e. The molecule has 0 fully saturated rings. The van der Waals surface area contributed by atoms with Crippen LogP contribution in [0.2, 0.25) is 0 Å². The van der Waals surface area contributed by atoms with E-state index >= 15 is 0 Å². The predicted molar refractivity (Wildman–Crippen MR) is 156 cm³/mol. The Bertz CT molecular complexity index is 1520. The third-order valence-electron chi connectivity index (χ3n) is 6.77. The lowest BCUT2D eigenvalue weighted by Gasteiger charge is -2.24. The summed E-state index contributed by atoms with van der Waals surface area (Å²) < 4.78 is 0. The van der Waals surface area contributed by atoms with Crippen molar-refractivity contribution in [2.75, 3.05) is 0 Å². The van der Waals surface area contributed by atoms with E-state index < -0.39 is 66.2 Å². The molecule has 0 aliphatic carbocycles. The van der Waals surface area contributed by atoms with Crippen LogP contribution in [0.15, 0.2) is 54.7 Å². The summed E-state index contributed by atoms with van der Waals surface area (Å²) in [7, 11) is 0. The van der Waals surface area contributed by atoms with Gasteiger partial charge in [-0.2, -0.15) is 0 Å². The van der Waals surface area contributed by atoms with Gasteiger partial charge in [0.1, 0.15) is 23.9 Å². The van der Waals surface area contributed by atoms with Crippen molar-refractivity contribution in [2.45, 2.75) is 56.3 Å². The Morgan fingerprint density at radius 2 is 1.41 bits per heavy atom. The second kappa shape index (κ2) is 15.2. The van der Waals surface area contributed by atoms with Crippen molar-refractivity contribution in [3.8, 4) is 5.75 Å². The van der Waals surface area contributed by atoms with Crippen LogP contribution in [-0.4, -0.2) is 80.0 Å². The summed E-state index contributed by atoms with van der Waals surface area (Å²) in [6.07, 6.45) is 0.0601. The first-order valence-electron chi connectivity index (χ1n) is 13.6. The van der Waals surface area contributed by atoms with E-state index in [0.29, 0.717) is 5.56 Å². The Kier molecular flexibility index (Phi) is 11.4. The minimum Gasteiger partial charge on any atom is -0.508 e. The highest BCUT2D eigenvalue weighted by Gasteiger charge is 2.32. The number of hydrogen-bond donors (Lipinski definition) is 9. The van der Waals surface area contributed by atoms with E-state index in [-0.39, 0.29) is 31.4 Å². The van der Waals surface area contributed by atoms with E-state index in [1.54, 1.807) is 6.20 Å². The highest BCUT2D eigenvalue weighted by atomic mass is 16.4. The van der Waals surface area contributed by atoms with E-state index in [1.807, 2.05) is 24.3 Å². The van der Waals surface area contributed by atoms with Crippen molar-refractivity contribution in [2.24, 2.45) is 11.5 Å². The first kappa shape index (κ1) is 33.1. The summed E-state index contributed by atoms with van der Waals surface area (Å²) in [5.41, 5.74) is 13.4. The van der Waals surface area contributed by atoms with Crippen molar-refractivity contribution in [1.82, 2.24) is 20.9 Å². The van der Waals surface area contributed by atoms with Crippen LogP contribution in [0.1, 0.15) is 30.4 Å². The zero-order chi connectivity index (χ0) is 32.4. The first-order valence-corrected chi connectivity index (χ1v) is 13.6. The Morgan fingerprint density at radius 3 is 2.05 bits per heavy atom. The number of H-pyrrole nitrogens is 1. The number of carbonyl (C=O) groups is 6. The fraction of sp³-hybridized carbons (Fsp3) is 0.310. The van der Waals surface area contributed by atoms with Gasteiger partial charge in [0, 0.05) is 29.9 Å². The van der Waals surface area contributed by atoms with Crippen LogP contribution < -0.4 is 27.4 Å². The van der Waals surface area contributed by atoms with E-state index in [2.05, 4.69) is 20.9 Å². The first-order chi connectivity index (χ1) is 20.8. The predicted octanol–water partition coefficient (Wildman–Crippen LogP) is -0.735. The molecule has 4 amide bonds. The smallest absolute Gasteiger partial charge is 0.326 e. The van der Waals surface area contributed by atoms with E-state index in [4.69, 9.17) is 11.5 Å². The third kappa shape index (κ3) is 9.55. The highest BCUT2D eigenvalue weighted by Crippen LogP contribution is 2.19. The molecule has 0 aliphatic heterocycles. The van der Waals surface area contributed by atoms with Gasteiger partial charge in [-0.05, 0) is 42.2 Å². The zero-order valence-electron chi connectivity index (χ0n) is 23.5. The Hall–Kier alpha value is -5.44. The lowest BCUT2D eigenvalue weighted by atomic mass is 10.0. The Balaban J connectivity index is 1.72. The lowest BCUT2D eigenvalue weighted by molar-refractivity contribution is -0.143. The molecular weight excluding hydrogens is 576 g/mol. The number of aromatic nitrogens is 1. The Labute approximate surface area is 251 Å². The molecule has 0 aliphatic rings. The van der Waals surface area contributed by atoms with E-state index in [9.17, 15) is 44.1 Å². The quantitative estimate of drug-likeness (QED) is 0.0980. The summed E-state index contributed by atoms with van der Waals surface area (Å²) in [6.45, 7) is 0. The summed E-state index contributed by atoms with van der Waals surface area (Å²) in [5, 5.41) is 36.2. The number of phenols is 1. The normalized spacial score (nSPS) is 13.7. The summed E-state index contributed by atoms with van der Waals surface area (Å²) in [4.78, 5) is 77.1. The number of carbonyl (C=O) groups excluding carboxylic acids is 4. The molecule has 0 saturated heterocycles. The zero-order valence-corrected chi connectivity index (χ0v) is 23.5. The van der Waals surface area contributed by atoms with Crippen molar-refractivity contribution >= 4 is 46.5 Å². The summed E-state index contributed by atoms with van der Waals surface area (Å²) >= 11 is 0. The van der Waals surface area contributed by atoms with Crippen LogP contribution >= 0.6 is 0 Å². The van der Waals surface area contributed by atoms with Crippen LogP contribution in [0.4, 0.5) is 0 Å². The molecule has 1 heterocycles. The van der Waals surface area contributed by atoms with Crippen LogP contribution in [0.5, 0.6) is 5.75 Å². The van der Waals surface area contributed by atoms with Crippen molar-refractivity contribution in [3.05, 3.63) is 65.9 Å². The van der Waals surface area contributed by atoms with Crippen LogP contribution in [-0.2, 0) is 41.6 Å². The van der Waals surface area contributed by atoms with Gasteiger partial charge in [-0.1, -0.05) is 30.3 Å². The van der Waals surface area contributed by atoms with Crippen LogP contribution in [0, 0.1) is 0 Å². The Morgan fingerprint density at radius 1 is 0.795 bits per heavy atom. The topological polar surface area (TPSA) is 267 Å². The number of carboxylic acid groups (broad SMARTS) is 2. The van der Waals surface area contributed by atoms with Gasteiger partial charge < -0.3 is 47.7 Å². The molecule has 4 unspecified atom stereocenters. The fourth-order valence-electron chi connectivity index (χ4n) is 4.46. The lowest BCUT2D eigenvalue weighted by Crippen LogP contribution is -2.58. The van der Waals surface area contributed by atoms with Crippen molar-refractivity contribution in [1.29, 1.82) is 0 Å². The number of carboxylic acids is 2. The minimum absolute atomic E-state index is 0.0502. The standard InChI is InChI=1S/C29H34N6O9/c30-19(12-16-14-32-20-4-2-1-3-18(16)20)26(40)33-21(9-10-24(31)37)27(41)34-22(13-25(38)39)28(42)35-23(29(43)44)11-15-5-7-17(36)8-6-15/h1-8,14,19,21-23,32,36H,9-13,30H2,(H2,31,37)(H,33,40)(H,34,41)(H,35,42)(H,38,39)(H,43,44). The molecule has 0 spiro atoms.